The predicted octanol–water partition coefficient (Wildman–Crippen LogP) is 2.15. The monoisotopic (exact) mass is 239 g/mol. The van der Waals surface area contributed by atoms with Crippen LogP contribution in [-0.4, -0.2) is 9.59 Å². The summed E-state index contributed by atoms with van der Waals surface area (Å²) >= 11 is 1.12. The molecule has 16 heavy (non-hydrogen) atoms. The van der Waals surface area contributed by atoms with Crippen molar-refractivity contribution in [2.24, 2.45) is 0 Å². The van der Waals surface area contributed by atoms with Gasteiger partial charge in [-0.2, -0.15) is 0 Å². The molecule has 0 fully saturated rings. The highest BCUT2D eigenvalue weighted by molar-refractivity contribution is 7.09. The van der Waals surface area contributed by atoms with Gasteiger partial charge < -0.3 is 10.5 Å². The fourth-order valence-electron chi connectivity index (χ4n) is 1.17. The van der Waals surface area contributed by atoms with Gasteiger partial charge in [0.2, 0.25) is 0 Å². The molecule has 0 saturated carbocycles. The Morgan fingerprint density at radius 1 is 1.50 bits per heavy atom. The Morgan fingerprint density at radius 2 is 2.31 bits per heavy atom. The minimum Gasteiger partial charge on any atom is -0.487 e. The highest BCUT2D eigenvalue weighted by atomic mass is 32.1. The van der Waals surface area contributed by atoms with E-state index in [1.165, 1.54) is 6.07 Å². The summed E-state index contributed by atoms with van der Waals surface area (Å²) in [6, 6.07) is 4.57. The molecule has 0 saturated heterocycles. The highest BCUT2D eigenvalue weighted by Crippen LogP contribution is 2.19. The topological polar surface area (TPSA) is 61.0 Å². The summed E-state index contributed by atoms with van der Waals surface area (Å²) in [7, 11) is 0. The normalized spacial score (nSPS) is 10.4. The molecule has 4 nitrogen and oxygen atoms in total. The molecule has 0 atom stereocenters. The van der Waals surface area contributed by atoms with Crippen LogP contribution in [-0.2, 0) is 6.61 Å². The number of hydrogen-bond acceptors (Lipinski definition) is 5. The first-order chi connectivity index (χ1) is 7.66. The number of nitrogen functional groups attached to an aromatic ring is 1. The van der Waals surface area contributed by atoms with Crippen molar-refractivity contribution >= 4 is 16.5 Å². The minimum atomic E-state index is -0.248. The van der Waals surface area contributed by atoms with Crippen molar-refractivity contribution in [2.45, 2.75) is 13.5 Å². The van der Waals surface area contributed by atoms with E-state index in [0.717, 1.165) is 11.5 Å². The van der Waals surface area contributed by atoms with Gasteiger partial charge in [-0.3, -0.25) is 0 Å². The van der Waals surface area contributed by atoms with Gasteiger partial charge in [0.15, 0.2) is 0 Å². The van der Waals surface area contributed by atoms with Gasteiger partial charge in [-0.05, 0) is 30.7 Å². The van der Waals surface area contributed by atoms with Crippen molar-refractivity contribution in [3.8, 4) is 5.75 Å². The van der Waals surface area contributed by atoms with Gasteiger partial charge >= 0.3 is 0 Å². The maximum absolute atomic E-state index is 13.0. The third-order valence-corrected chi connectivity index (χ3v) is 2.69. The summed E-state index contributed by atoms with van der Waals surface area (Å²) in [5.41, 5.74) is 6.76. The summed E-state index contributed by atoms with van der Waals surface area (Å²) < 4.78 is 22.1. The molecule has 84 valence electrons. The smallest absolute Gasteiger partial charge is 0.136 e. The largest absolute Gasteiger partial charge is 0.487 e. The van der Waals surface area contributed by atoms with Gasteiger partial charge in [0.1, 0.15) is 28.9 Å². The van der Waals surface area contributed by atoms with Gasteiger partial charge in [-0.15, -0.1) is 5.10 Å². The van der Waals surface area contributed by atoms with E-state index in [-0.39, 0.29) is 12.4 Å². The van der Waals surface area contributed by atoms with Crippen molar-refractivity contribution in [2.75, 3.05) is 5.73 Å². The lowest BCUT2D eigenvalue weighted by molar-refractivity contribution is 0.301. The maximum Gasteiger partial charge on any atom is 0.136 e. The summed E-state index contributed by atoms with van der Waals surface area (Å²) in [5.74, 6) is 0.341. The van der Waals surface area contributed by atoms with Gasteiger partial charge in [-0.1, -0.05) is 4.49 Å². The first kappa shape index (κ1) is 10.8. The molecule has 1 aromatic heterocycles. The first-order valence-electron chi connectivity index (χ1n) is 4.62. The average molecular weight is 239 g/mol. The molecule has 0 amide bonds. The molecule has 0 bridgehead atoms. The molecule has 6 heteroatoms. The number of nitrogens with zero attached hydrogens (tertiary/aromatic N) is 2. The van der Waals surface area contributed by atoms with Gasteiger partial charge in [0.25, 0.3) is 0 Å². The molecule has 2 aromatic rings. The van der Waals surface area contributed by atoms with Crippen LogP contribution in [0.3, 0.4) is 0 Å². The van der Waals surface area contributed by atoms with E-state index in [1.807, 2.05) is 0 Å². The first-order valence-corrected chi connectivity index (χ1v) is 5.40. The number of ether oxygens (including phenoxy) is 1. The molecule has 0 radical (unpaired) electrons. The van der Waals surface area contributed by atoms with Crippen LogP contribution >= 0.6 is 11.5 Å². The summed E-state index contributed by atoms with van der Waals surface area (Å²) in [4.78, 5) is 0. The van der Waals surface area contributed by atoms with Crippen LogP contribution < -0.4 is 10.5 Å². The van der Waals surface area contributed by atoms with Gasteiger partial charge in [-0.25, -0.2) is 4.39 Å². The Balaban J connectivity index is 2.05. The number of rotatable bonds is 3. The zero-order valence-corrected chi connectivity index (χ0v) is 9.42. The SMILES string of the molecule is Cc1cc(OCc2nnsc2N)ccc1F. The lowest BCUT2D eigenvalue weighted by Crippen LogP contribution is -1.99. The molecule has 0 spiro atoms. The standard InChI is InChI=1S/C10H10FN3OS/c1-6-4-7(2-3-8(6)11)15-5-9-10(12)16-14-13-9/h2-4H,5,12H2,1H3. The quantitative estimate of drug-likeness (QED) is 0.891. The average Bonchev–Trinajstić information content (AvgIpc) is 2.66. The van der Waals surface area contributed by atoms with Crippen LogP contribution in [0.4, 0.5) is 9.39 Å². The number of anilines is 1. The zero-order valence-electron chi connectivity index (χ0n) is 8.61. The zero-order chi connectivity index (χ0) is 11.5. The van der Waals surface area contributed by atoms with Crippen molar-refractivity contribution in [3.05, 3.63) is 35.3 Å². The van der Waals surface area contributed by atoms with Crippen LogP contribution in [0, 0.1) is 12.7 Å². The molecule has 0 aliphatic rings. The number of hydrogen-bond donors (Lipinski definition) is 1. The molecule has 2 rings (SSSR count). The molecule has 1 aromatic carbocycles. The second-order valence-electron chi connectivity index (χ2n) is 3.28. The predicted molar refractivity (Wildman–Crippen MR) is 59.8 cm³/mol. The van der Waals surface area contributed by atoms with Crippen LogP contribution in [0.2, 0.25) is 0 Å². The fourth-order valence-corrected chi connectivity index (χ4v) is 1.61. The lowest BCUT2D eigenvalue weighted by Gasteiger charge is -2.05. The molecular weight excluding hydrogens is 229 g/mol. The Labute approximate surface area is 96.0 Å². The Kier molecular flexibility index (Phi) is 3.00. The molecule has 0 aliphatic heterocycles. The van der Waals surface area contributed by atoms with E-state index in [9.17, 15) is 4.39 Å². The highest BCUT2D eigenvalue weighted by Gasteiger charge is 2.05. The van der Waals surface area contributed by atoms with E-state index in [4.69, 9.17) is 10.5 Å². The van der Waals surface area contributed by atoms with E-state index >= 15 is 0 Å². The summed E-state index contributed by atoms with van der Waals surface area (Å²) in [5, 5.41) is 4.36. The van der Waals surface area contributed by atoms with Crippen LogP contribution in [0.1, 0.15) is 11.3 Å². The van der Waals surface area contributed by atoms with E-state index in [0.29, 0.717) is 22.0 Å². The number of halogens is 1. The van der Waals surface area contributed by atoms with Crippen molar-refractivity contribution in [3.63, 3.8) is 0 Å². The molecule has 1 heterocycles. The van der Waals surface area contributed by atoms with Gasteiger partial charge in [0.05, 0.1) is 0 Å². The van der Waals surface area contributed by atoms with Crippen molar-refractivity contribution in [1.82, 2.24) is 9.59 Å². The molecule has 2 N–H and O–H groups in total. The van der Waals surface area contributed by atoms with E-state index < -0.39 is 0 Å². The second kappa shape index (κ2) is 4.44. The third kappa shape index (κ3) is 2.27. The van der Waals surface area contributed by atoms with E-state index in [2.05, 4.69) is 9.59 Å². The van der Waals surface area contributed by atoms with E-state index in [1.54, 1.807) is 19.1 Å². The van der Waals surface area contributed by atoms with Crippen LogP contribution in [0.25, 0.3) is 0 Å². The molecular formula is C10H10FN3OS. The summed E-state index contributed by atoms with van der Waals surface area (Å²) in [6.07, 6.45) is 0. The number of nitrogens with two attached hydrogens (primary N) is 1. The molecule has 0 aliphatic carbocycles. The number of aryl methyl sites for hydroxylation is 1. The molecule has 0 unspecified atom stereocenters. The number of benzene rings is 1. The lowest BCUT2D eigenvalue weighted by atomic mass is 10.2. The third-order valence-electron chi connectivity index (χ3n) is 2.09. The van der Waals surface area contributed by atoms with Crippen LogP contribution in [0.15, 0.2) is 18.2 Å². The fraction of sp³-hybridized carbons (Fsp3) is 0.200. The summed E-state index contributed by atoms with van der Waals surface area (Å²) in [6.45, 7) is 1.92. The van der Waals surface area contributed by atoms with Gasteiger partial charge in [0, 0.05) is 11.5 Å². The Bertz CT molecular complexity index is 501. The van der Waals surface area contributed by atoms with Crippen molar-refractivity contribution in [1.29, 1.82) is 0 Å². The number of aromatic nitrogens is 2. The second-order valence-corrected chi connectivity index (χ2v) is 4.07. The minimum absolute atomic E-state index is 0.243. The Hall–Kier alpha value is -1.69. The Morgan fingerprint density at radius 3 is 2.94 bits per heavy atom. The van der Waals surface area contributed by atoms with Crippen molar-refractivity contribution < 1.29 is 9.13 Å². The maximum atomic E-state index is 13.0. The van der Waals surface area contributed by atoms with Crippen LogP contribution in [0.5, 0.6) is 5.75 Å².